The van der Waals surface area contributed by atoms with Gasteiger partial charge in [0.25, 0.3) is 5.56 Å². The number of piperazine rings is 1. The van der Waals surface area contributed by atoms with Gasteiger partial charge in [0.2, 0.25) is 5.91 Å². The van der Waals surface area contributed by atoms with Crippen molar-refractivity contribution in [3.63, 3.8) is 0 Å². The van der Waals surface area contributed by atoms with Gasteiger partial charge in [-0.05, 0) is 57.6 Å². The third-order valence-corrected chi connectivity index (χ3v) is 8.53. The molecule has 0 bridgehead atoms. The van der Waals surface area contributed by atoms with Crippen molar-refractivity contribution in [2.45, 2.75) is 38.4 Å². The van der Waals surface area contributed by atoms with Gasteiger partial charge in [0.05, 0.1) is 21.8 Å². The van der Waals surface area contributed by atoms with Crippen molar-refractivity contribution in [2.75, 3.05) is 38.1 Å². The summed E-state index contributed by atoms with van der Waals surface area (Å²) in [5, 5.41) is 20.8. The van der Waals surface area contributed by atoms with Gasteiger partial charge in [0.1, 0.15) is 23.2 Å². The minimum absolute atomic E-state index is 0.0823. The second kappa shape index (κ2) is 11.1. The molecule has 2 unspecified atom stereocenters. The molecular formula is C30H30ClF2N5O3. The fraction of sp³-hybridized carbons (Fsp3) is 0.367. The molecule has 8 nitrogen and oxygen atoms in total. The van der Waals surface area contributed by atoms with E-state index in [1.807, 2.05) is 24.9 Å². The summed E-state index contributed by atoms with van der Waals surface area (Å²) in [6, 6.07) is 6.67. The highest BCUT2D eigenvalue weighted by molar-refractivity contribution is 6.34. The zero-order valence-electron chi connectivity index (χ0n) is 22.8. The number of hydrogen-bond donors (Lipinski definition) is 1. The van der Waals surface area contributed by atoms with Crippen LogP contribution < -0.4 is 10.5 Å². The number of hydrogen-bond acceptors (Lipinski definition) is 6. The molecule has 41 heavy (non-hydrogen) atoms. The topological polar surface area (TPSA) is 92.8 Å². The maximum atomic E-state index is 16.8. The third kappa shape index (κ3) is 4.83. The Morgan fingerprint density at radius 1 is 1.27 bits per heavy atom. The second-order valence-corrected chi connectivity index (χ2v) is 11.0. The normalized spacial score (nSPS) is 19.5. The van der Waals surface area contributed by atoms with Crippen LogP contribution >= 0.6 is 11.6 Å². The van der Waals surface area contributed by atoms with Crippen LogP contribution in [0.1, 0.15) is 25.3 Å². The first-order chi connectivity index (χ1) is 19.6. The highest BCUT2D eigenvalue weighted by Gasteiger charge is 2.34. The number of fused-ring (bicyclic) bond motifs is 1. The molecule has 2 saturated heterocycles. The highest BCUT2D eigenvalue weighted by Crippen LogP contribution is 2.44. The Hall–Kier alpha value is -3.94. The lowest BCUT2D eigenvalue weighted by atomic mass is 9.97. The smallest absolute Gasteiger partial charge is 0.271 e. The number of phenolic OH excluding ortho intramolecular Hbond substituents is 1. The molecule has 11 heteroatoms. The lowest BCUT2D eigenvalue weighted by Gasteiger charge is -2.41. The van der Waals surface area contributed by atoms with Crippen LogP contribution in [-0.4, -0.2) is 70.7 Å². The van der Waals surface area contributed by atoms with E-state index in [-0.39, 0.29) is 63.8 Å². The van der Waals surface area contributed by atoms with E-state index in [4.69, 9.17) is 11.6 Å². The Balaban J connectivity index is 1.82. The quantitative estimate of drug-likeness (QED) is 0.446. The predicted octanol–water partition coefficient (Wildman–Crippen LogP) is 4.49. The summed E-state index contributed by atoms with van der Waals surface area (Å²) in [6.45, 7) is 7.18. The third-order valence-electron chi connectivity index (χ3n) is 8.23. The molecule has 1 aromatic heterocycles. The summed E-state index contributed by atoms with van der Waals surface area (Å²) >= 11 is 6.62. The van der Waals surface area contributed by atoms with Gasteiger partial charge in [-0.25, -0.2) is 8.78 Å². The molecule has 2 aromatic carbocycles. The molecule has 214 valence electrons. The van der Waals surface area contributed by atoms with Crippen LogP contribution in [0.5, 0.6) is 5.75 Å². The average Bonchev–Trinajstić information content (AvgIpc) is 3.35. The highest BCUT2D eigenvalue weighted by atomic mass is 35.5. The summed E-state index contributed by atoms with van der Waals surface area (Å²) in [6.07, 6.45) is 2.92. The summed E-state index contributed by atoms with van der Waals surface area (Å²) in [5.41, 5.74) is -1.52. The summed E-state index contributed by atoms with van der Waals surface area (Å²) in [4.78, 5) is 31.8. The van der Waals surface area contributed by atoms with Crippen molar-refractivity contribution in [1.29, 1.82) is 5.26 Å². The van der Waals surface area contributed by atoms with Crippen molar-refractivity contribution in [3.05, 3.63) is 69.5 Å². The lowest BCUT2D eigenvalue weighted by molar-refractivity contribution is -0.126. The molecule has 0 saturated carbocycles. The van der Waals surface area contributed by atoms with E-state index < -0.39 is 28.5 Å². The van der Waals surface area contributed by atoms with Crippen molar-refractivity contribution in [1.82, 2.24) is 14.4 Å². The molecule has 0 spiro atoms. The number of aromatic nitrogens is 1. The van der Waals surface area contributed by atoms with Crippen LogP contribution in [0.3, 0.4) is 0 Å². The van der Waals surface area contributed by atoms with Crippen LogP contribution in [-0.2, 0) is 11.3 Å². The minimum atomic E-state index is -0.968. The van der Waals surface area contributed by atoms with Gasteiger partial charge in [-0.3, -0.25) is 9.59 Å². The number of benzene rings is 2. The van der Waals surface area contributed by atoms with Gasteiger partial charge in [-0.1, -0.05) is 24.2 Å². The predicted molar refractivity (Wildman–Crippen MR) is 154 cm³/mol. The Morgan fingerprint density at radius 2 is 2.02 bits per heavy atom. The van der Waals surface area contributed by atoms with Gasteiger partial charge in [0.15, 0.2) is 5.82 Å². The number of phenols is 1. The number of halogens is 3. The molecule has 1 amide bonds. The molecule has 2 atom stereocenters. The molecule has 0 radical (unpaired) electrons. The first-order valence-corrected chi connectivity index (χ1v) is 13.8. The van der Waals surface area contributed by atoms with E-state index in [0.29, 0.717) is 13.1 Å². The van der Waals surface area contributed by atoms with Crippen LogP contribution in [0, 0.1) is 23.0 Å². The van der Waals surface area contributed by atoms with Crippen molar-refractivity contribution in [2.24, 2.45) is 0 Å². The number of carbonyl (C=O) groups is 1. The molecule has 3 aromatic rings. The van der Waals surface area contributed by atoms with Gasteiger partial charge in [0, 0.05) is 49.2 Å². The number of rotatable bonds is 5. The number of nitrogens with zero attached hydrogens (tertiary/aromatic N) is 5. The molecule has 2 aliphatic heterocycles. The molecular weight excluding hydrogens is 552 g/mol. The zero-order valence-corrected chi connectivity index (χ0v) is 23.6. The number of carbonyl (C=O) groups excluding carboxylic acids is 1. The van der Waals surface area contributed by atoms with Crippen molar-refractivity contribution < 1.29 is 18.7 Å². The molecule has 2 fully saturated rings. The Morgan fingerprint density at radius 3 is 2.63 bits per heavy atom. The molecule has 2 aliphatic rings. The van der Waals surface area contributed by atoms with Crippen LogP contribution in [0.15, 0.2) is 41.7 Å². The maximum Gasteiger partial charge on any atom is 0.271 e. The van der Waals surface area contributed by atoms with E-state index in [0.717, 1.165) is 25.5 Å². The number of likely N-dealkylation sites (tertiary alicyclic amines) is 1. The molecule has 0 aliphatic carbocycles. The fourth-order valence-electron chi connectivity index (χ4n) is 6.13. The second-order valence-electron chi connectivity index (χ2n) is 10.6. The zero-order chi connectivity index (χ0) is 29.6. The summed E-state index contributed by atoms with van der Waals surface area (Å²) in [5.74, 6) is -2.58. The number of likely N-dealkylation sites (N-methyl/N-ethyl adjacent to an activating group) is 1. The van der Waals surface area contributed by atoms with Crippen LogP contribution in [0.25, 0.3) is 22.0 Å². The Kier molecular flexibility index (Phi) is 7.77. The molecule has 3 heterocycles. The van der Waals surface area contributed by atoms with Crippen molar-refractivity contribution in [3.8, 4) is 22.9 Å². The molecule has 1 N–H and O–H groups in total. The first kappa shape index (κ1) is 28.6. The van der Waals surface area contributed by atoms with Gasteiger partial charge in [-0.15, -0.1) is 0 Å². The minimum Gasteiger partial charge on any atom is -0.507 e. The van der Waals surface area contributed by atoms with E-state index >= 15 is 4.39 Å². The van der Waals surface area contributed by atoms with Gasteiger partial charge < -0.3 is 24.4 Å². The molecule has 5 rings (SSSR count). The largest absolute Gasteiger partial charge is 0.507 e. The summed E-state index contributed by atoms with van der Waals surface area (Å²) < 4.78 is 33.0. The average molecular weight is 582 g/mol. The van der Waals surface area contributed by atoms with Crippen molar-refractivity contribution >= 4 is 34.1 Å². The number of pyridine rings is 1. The van der Waals surface area contributed by atoms with E-state index in [1.165, 1.54) is 28.8 Å². The number of aromatic hydroxyl groups is 1. The monoisotopic (exact) mass is 581 g/mol. The van der Waals surface area contributed by atoms with E-state index in [1.54, 1.807) is 4.90 Å². The number of amides is 1. The standard InChI is InChI=1S/C30H30ClF2N5O3/c1-4-24(40)36-11-12-37(17(2)15-36)28-19-13-21(31)25(26-22(32)8-5-9-23(26)39)27(33)29(19)38(30(41)20(28)14-34)16-18-7-6-10-35(18)3/h4-5,8-9,13,17-18,39H,1,6-7,10-12,15-16H2,2-3H3. The van der Waals surface area contributed by atoms with Gasteiger partial charge in [-0.2, -0.15) is 5.26 Å². The Labute approximate surface area is 241 Å². The SMILES string of the molecule is C=CC(=O)N1CCN(c2c(C#N)c(=O)n(CC3CCCN3C)c3c(F)c(-c4c(O)cccc4F)c(Cl)cc23)C(C)C1. The Bertz CT molecular complexity index is 1650. The van der Waals surface area contributed by atoms with Crippen LogP contribution in [0.2, 0.25) is 5.02 Å². The van der Waals surface area contributed by atoms with E-state index in [9.17, 15) is 24.3 Å². The maximum absolute atomic E-state index is 16.8. The van der Waals surface area contributed by atoms with Crippen LogP contribution in [0.4, 0.5) is 14.5 Å². The summed E-state index contributed by atoms with van der Waals surface area (Å²) in [7, 11) is 1.92. The fourth-order valence-corrected chi connectivity index (χ4v) is 6.41. The number of nitriles is 1. The first-order valence-electron chi connectivity index (χ1n) is 13.4. The number of anilines is 1. The van der Waals surface area contributed by atoms with E-state index in [2.05, 4.69) is 11.5 Å². The van der Waals surface area contributed by atoms with Gasteiger partial charge >= 0.3 is 0 Å². The lowest BCUT2D eigenvalue weighted by Crippen LogP contribution is -2.54.